The fraction of sp³-hybridized carbons (Fsp3) is 0.645. The molecule has 11 unspecified atom stereocenters. The molecule has 0 saturated carbocycles. The Labute approximate surface area is 840 Å². The highest BCUT2D eigenvalue weighted by Crippen LogP contribution is 2.58. The van der Waals surface area contributed by atoms with Crippen molar-refractivity contribution in [3.63, 3.8) is 0 Å². The number of imidazole rings is 3. The van der Waals surface area contributed by atoms with Gasteiger partial charge in [-0.25, -0.2) is 58.4 Å². The molecule has 6 fully saturated rings. The lowest BCUT2D eigenvalue weighted by molar-refractivity contribution is -0.0850. The lowest BCUT2D eigenvalue weighted by Crippen LogP contribution is -2.42. The largest absolute Gasteiger partial charge is 0.472 e. The number of aliphatic hydroxyl groups is 1. The van der Waals surface area contributed by atoms with Gasteiger partial charge < -0.3 is 152 Å². The van der Waals surface area contributed by atoms with Crippen molar-refractivity contribution in [2.75, 3.05) is 163 Å². The van der Waals surface area contributed by atoms with E-state index in [0.717, 1.165) is 32.6 Å². The second-order valence-corrected chi connectivity index (χ2v) is 44.6. The number of ether oxygens (including phenoxy) is 16. The van der Waals surface area contributed by atoms with E-state index < -0.39 is 245 Å². The third-order valence-electron chi connectivity index (χ3n) is 23.7. The first-order valence-electron chi connectivity index (χ1n) is 44.6. The van der Waals surface area contributed by atoms with Crippen LogP contribution in [0.5, 0.6) is 0 Å². The van der Waals surface area contributed by atoms with Crippen molar-refractivity contribution in [2.24, 2.45) is 0 Å². The number of aromatic amines is 2. The van der Waals surface area contributed by atoms with Crippen LogP contribution < -0.4 is 56.9 Å². The smallest absolute Gasteiger partial charge is 0.387 e. The van der Waals surface area contributed by atoms with E-state index in [-0.39, 0.29) is 129 Å². The van der Waals surface area contributed by atoms with Crippen LogP contribution in [0, 0.1) is 20.8 Å². The molecule has 15 rings (SSSR count). The maximum absolute atomic E-state index is 15.4. The molecule has 6 aliphatic rings. The number of nitrogens with zero attached hydrogens (tertiary/aromatic N) is 16. The summed E-state index contributed by atoms with van der Waals surface area (Å²) in [6, 6.07) is 0. The average Bonchev–Trinajstić information content (AvgIpc) is 1.61. The first kappa shape index (κ1) is 112. The minimum absolute atomic E-state index is 0.0440. The second-order valence-electron chi connectivity index (χ2n) is 33.4. The molecule has 0 amide bonds. The number of nitrogens with two attached hydrogens (primary N) is 5. The number of rotatable bonds is 52. The Hall–Kier alpha value is -7.98. The Balaban J connectivity index is 0.719. The van der Waals surface area contributed by atoms with Crippen molar-refractivity contribution < 1.29 is 160 Å². The number of phosphoric ester groups is 2. The Morgan fingerprint density at radius 3 is 1.20 bits per heavy atom. The molecule has 0 radical (unpaired) electrons. The zero-order valence-electron chi connectivity index (χ0n) is 79.1. The number of anilines is 5. The fourth-order valence-corrected chi connectivity index (χ4v) is 23.0. The molecule has 18 N–H and O–H groups in total. The van der Waals surface area contributed by atoms with Gasteiger partial charge in [0.15, 0.2) is 65.2 Å². The van der Waals surface area contributed by atoms with Crippen LogP contribution in [0.4, 0.5) is 29.2 Å². The molecule has 6 aliphatic heterocycles. The van der Waals surface area contributed by atoms with Gasteiger partial charge in [-0.3, -0.25) is 74.1 Å². The van der Waals surface area contributed by atoms with Gasteiger partial charge in [-0.2, -0.15) is 15.0 Å². The van der Waals surface area contributed by atoms with Gasteiger partial charge in [-0.15, -0.1) is 0 Å². The summed E-state index contributed by atoms with van der Waals surface area (Å²) in [5.41, 5.74) is 26.5. The summed E-state index contributed by atoms with van der Waals surface area (Å²) >= 11 is 17.2. The number of phosphoric acid groups is 2. The summed E-state index contributed by atoms with van der Waals surface area (Å²) in [7, 11) is -5.05. The molecule has 0 spiro atoms. The van der Waals surface area contributed by atoms with E-state index in [9.17, 15) is 53.5 Å². The van der Waals surface area contributed by atoms with Crippen molar-refractivity contribution in [2.45, 2.75) is 182 Å². The molecule has 70 heteroatoms. The van der Waals surface area contributed by atoms with E-state index in [1.807, 2.05) is 0 Å². The predicted molar refractivity (Wildman–Crippen MR) is 509 cm³/mol. The summed E-state index contributed by atoms with van der Waals surface area (Å²) in [6.45, 7) is -15.3. The van der Waals surface area contributed by atoms with Crippen molar-refractivity contribution in [1.82, 2.24) is 87.2 Å². The lowest BCUT2D eigenvalue weighted by atomic mass is 10.1. The molecule has 9 aromatic rings. The van der Waals surface area contributed by atoms with Gasteiger partial charge in [0.05, 0.1) is 130 Å². The molecule has 62 nitrogen and oxygen atoms in total. The van der Waals surface area contributed by atoms with Gasteiger partial charge >= 0.3 is 52.9 Å². The number of aromatic nitrogens is 18. The minimum Gasteiger partial charge on any atom is -0.387 e. The van der Waals surface area contributed by atoms with Gasteiger partial charge in [0.1, 0.15) is 133 Å². The zero-order chi connectivity index (χ0) is 105. The molecule has 806 valence electrons. The summed E-state index contributed by atoms with van der Waals surface area (Å²) in [6.07, 6.45) is -26.3. The predicted octanol–water partition coefficient (Wildman–Crippen LogP) is -1.74. The third kappa shape index (κ3) is 26.0. The summed E-state index contributed by atoms with van der Waals surface area (Å²) in [5, 5.41) is 11.8. The summed E-state index contributed by atoms with van der Waals surface area (Å²) < 4.78 is 195. The van der Waals surface area contributed by atoms with Gasteiger partial charge in [0.2, 0.25) is 5.95 Å². The Morgan fingerprint density at radius 2 is 0.753 bits per heavy atom. The van der Waals surface area contributed by atoms with E-state index in [1.54, 1.807) is 18.4 Å². The van der Waals surface area contributed by atoms with Crippen LogP contribution in [0.15, 0.2) is 74.2 Å². The Bertz CT molecular complexity index is 6640. The molecule has 15 heterocycles. The first-order chi connectivity index (χ1) is 69.6. The number of hydrogen-bond acceptors (Lipinski definition) is 52. The SMILES string of the molecule is CC[C@H]1O[C@@H](n2cnc3c(N)ncnc32)CC1OP(O)(=S)OC[C@H]1O[C@@H](n2cnc3c(=O)[nH]c(N)nc32)[C@@H](OCCOC)C1OP(=O)(O)OC[C@H]1O[C@@H](n2cc(C)c(N)nc2=O)[C@@H](OCCOC)C1OP(=O)(O)OC[C@H]1O[C@@H](n2cc(C)c(=O)[nH]c2=O)[C@@H](OCCOC)C1OP(O)(=S)OC[C@H]1O[C@@H](n2cnc3c(N)ncnc32)[C@@H](OCCOC)C1OP(O)(=S)OC[C@H]1O[C@@H](n2cc(C)c(N)nc2=O)[C@@H](OCCOC)C1O. The first-order valence-corrected chi connectivity index (χ1v) is 55.4. The highest BCUT2D eigenvalue weighted by atomic mass is 32.5. The standard InChI is InChI=1S/C76H110N23O39P5S3/c1-10-38-39(21-45(128-38)97-32-86-46-61(79)82-30-84-63(46)97)134-141(110,144)126-28-43-51(56(120-18-13-115-7)72(132-43)99-34-88-48-65(99)91-73(81)92-67(48)102)136-139(106,107)123-26-41-50(55(119-17-12-114-6)69(130-41)95-23-36(3)60(78)90-75(95)104)135-140(108,109)124-27-42-52(57(121-19-14-116-8)70(131-42)96-24-37(4)66(101)93-76(96)105)137-143(112,146)127-29-44-53(58(122-20-15-117-9)71(133-44)98-33-87-47-62(80)83-31-85-64(47)98)138-142(111,145)125-25-40-49(100)54(118-16-11-113-5)68(129-40)94-22-35(2)59(77)89-74(94)103/h22-24,30-34,38-45,49-58,68-72,100H,10-21,25-29H2,1-9H3,(H,106,107)(H,108,109)(H,110,144)(H,111,145)(H,112,146)(H2,77,89,103)(H2,78,90,104)(H2,79,82,84)(H2,80,83,85)(H,93,101,105)(H3,81,91,92,102)/t38-,39?,40-,41-,42-,43-,44-,45-,49?,50?,51?,52?,53?,54+,55+,56+,57+,58+,68-,69-,70-,71-,72-,141?,142?,143?/m1/s1. The highest BCUT2D eigenvalue weighted by molar-refractivity contribution is 8.07. The molecule has 0 bridgehead atoms. The molecular weight excluding hydrogens is 2110 g/mol. The van der Waals surface area contributed by atoms with Crippen LogP contribution in [0.3, 0.4) is 0 Å². The maximum atomic E-state index is 15.4. The van der Waals surface area contributed by atoms with E-state index in [2.05, 4.69) is 59.8 Å². The molecule has 28 atom stereocenters. The minimum atomic E-state index is -5.95. The van der Waals surface area contributed by atoms with Crippen LogP contribution in [0.2, 0.25) is 0 Å². The van der Waals surface area contributed by atoms with Crippen molar-refractivity contribution in [3.8, 4) is 0 Å². The van der Waals surface area contributed by atoms with Crippen LogP contribution in [-0.4, -0.2) is 355 Å². The maximum Gasteiger partial charge on any atom is 0.472 e. The van der Waals surface area contributed by atoms with Gasteiger partial charge in [-0.1, -0.05) is 6.92 Å². The highest BCUT2D eigenvalue weighted by Gasteiger charge is 2.59. The van der Waals surface area contributed by atoms with Crippen LogP contribution in [0.25, 0.3) is 33.5 Å². The molecule has 6 saturated heterocycles. The fourth-order valence-electron chi connectivity index (χ4n) is 16.8. The topological polar surface area (TPSA) is 801 Å². The van der Waals surface area contributed by atoms with E-state index in [4.69, 9.17) is 185 Å². The van der Waals surface area contributed by atoms with Gasteiger partial charge in [-0.05, 0) is 62.6 Å². The number of fused-ring (bicyclic) bond motifs is 3. The second kappa shape index (κ2) is 48.3. The van der Waals surface area contributed by atoms with E-state index >= 15 is 9.13 Å². The van der Waals surface area contributed by atoms with Crippen molar-refractivity contribution in [3.05, 3.63) is 119 Å². The molecular formula is C76H110N23O39P5S3. The monoisotopic (exact) mass is 2220 g/mol. The number of nitrogens with one attached hydrogen (secondary N) is 2. The summed E-state index contributed by atoms with van der Waals surface area (Å²) in [5.74, 6) is -0.653. The normalized spacial score (nSPS) is 29.1. The molecule has 0 aliphatic carbocycles. The molecule has 146 heavy (non-hydrogen) atoms. The third-order valence-corrected chi connectivity index (χ3v) is 30.4. The van der Waals surface area contributed by atoms with Crippen LogP contribution in [-0.2, 0) is 166 Å². The summed E-state index contributed by atoms with van der Waals surface area (Å²) in [4.78, 5) is 176. The number of nitrogen functional groups attached to an aromatic ring is 5. The van der Waals surface area contributed by atoms with Crippen LogP contribution >= 0.6 is 35.8 Å². The lowest BCUT2D eigenvalue weighted by Gasteiger charge is -2.30. The molecule has 0 aromatic carbocycles. The Kier molecular flexibility index (Phi) is 37.1. The van der Waals surface area contributed by atoms with Gasteiger partial charge in [0.25, 0.3) is 11.1 Å². The number of aliphatic hydroxyl groups excluding tert-OH is 1. The Morgan fingerprint density at radius 1 is 0.390 bits per heavy atom. The number of methoxy groups -OCH3 is 5. The van der Waals surface area contributed by atoms with E-state index in [1.165, 1.54) is 89.9 Å². The quantitative estimate of drug-likeness (QED) is 0.0149. The number of aryl methyl sites for hydroxylation is 3. The van der Waals surface area contributed by atoms with Crippen molar-refractivity contribution >= 4 is 134 Å². The average molecular weight is 2220 g/mol. The van der Waals surface area contributed by atoms with E-state index in [0.29, 0.717) is 23.1 Å². The number of H-pyrrole nitrogens is 2. The van der Waals surface area contributed by atoms with Crippen LogP contribution in [0.1, 0.15) is 73.8 Å². The number of hydrogen-bond donors (Lipinski definition) is 13. The zero-order valence-corrected chi connectivity index (χ0v) is 86.0. The molecule has 9 aromatic heterocycles. The van der Waals surface area contributed by atoms with Crippen molar-refractivity contribution in [1.29, 1.82) is 0 Å². The van der Waals surface area contributed by atoms with Gasteiger partial charge in [0, 0.05) is 77.3 Å².